The van der Waals surface area contributed by atoms with E-state index in [1.54, 1.807) is 12.5 Å². The predicted octanol–water partition coefficient (Wildman–Crippen LogP) is 4.64. The van der Waals surface area contributed by atoms with Gasteiger partial charge in [0.1, 0.15) is 6.17 Å². The quantitative estimate of drug-likeness (QED) is 0.561. The Morgan fingerprint density at radius 1 is 0.897 bits per heavy atom. The number of amides is 1. The van der Waals surface area contributed by atoms with Gasteiger partial charge in [-0.1, -0.05) is 54.6 Å². The van der Waals surface area contributed by atoms with E-state index in [-0.39, 0.29) is 12.1 Å². The molecule has 4 aromatic rings. The Bertz CT molecular complexity index is 1120. The summed E-state index contributed by atoms with van der Waals surface area (Å²) in [5.74, 6) is 0.0342. The maximum Gasteiger partial charge on any atom is 0.258 e. The Morgan fingerprint density at radius 2 is 1.66 bits per heavy atom. The average molecular weight is 380 g/mol. The van der Waals surface area contributed by atoms with Crippen LogP contribution in [0.4, 0.5) is 5.69 Å². The second kappa shape index (κ2) is 7.28. The van der Waals surface area contributed by atoms with Crippen LogP contribution in [-0.2, 0) is 6.54 Å². The SMILES string of the molecule is O=C1c2ccccc2NC(c2ccc(-n3ccnc3)cc2)N1Cc1ccccc1. The number of para-hydroxylation sites is 1. The molecule has 0 aliphatic carbocycles. The van der Waals surface area contributed by atoms with Crippen LogP contribution in [0.3, 0.4) is 0 Å². The fraction of sp³-hybridized carbons (Fsp3) is 0.0833. The van der Waals surface area contributed by atoms with E-state index in [4.69, 9.17) is 0 Å². The fourth-order valence-electron chi connectivity index (χ4n) is 3.74. The first-order valence-corrected chi connectivity index (χ1v) is 9.58. The first kappa shape index (κ1) is 17.3. The van der Waals surface area contributed by atoms with Gasteiger partial charge in [0.2, 0.25) is 0 Å². The van der Waals surface area contributed by atoms with Gasteiger partial charge in [0, 0.05) is 30.3 Å². The number of hydrogen-bond donors (Lipinski definition) is 1. The van der Waals surface area contributed by atoms with Crippen molar-refractivity contribution in [2.75, 3.05) is 5.32 Å². The van der Waals surface area contributed by atoms with Crippen LogP contribution in [-0.4, -0.2) is 20.4 Å². The number of fused-ring (bicyclic) bond motifs is 1. The summed E-state index contributed by atoms with van der Waals surface area (Å²) >= 11 is 0. The Hall–Kier alpha value is -3.86. The highest BCUT2D eigenvalue weighted by molar-refractivity contribution is 6.01. The zero-order valence-electron chi connectivity index (χ0n) is 15.8. The molecule has 2 heterocycles. The number of carbonyl (C=O) groups excluding carboxylic acids is 1. The maximum atomic E-state index is 13.3. The van der Waals surface area contributed by atoms with Crippen molar-refractivity contribution in [1.82, 2.24) is 14.5 Å². The van der Waals surface area contributed by atoms with Crippen molar-refractivity contribution >= 4 is 11.6 Å². The zero-order valence-corrected chi connectivity index (χ0v) is 15.8. The minimum atomic E-state index is -0.241. The topological polar surface area (TPSA) is 50.2 Å². The van der Waals surface area contributed by atoms with Crippen molar-refractivity contribution in [3.63, 3.8) is 0 Å². The molecule has 142 valence electrons. The molecule has 0 radical (unpaired) electrons. The first-order valence-electron chi connectivity index (χ1n) is 9.58. The fourth-order valence-corrected chi connectivity index (χ4v) is 3.74. The Balaban J connectivity index is 1.52. The maximum absolute atomic E-state index is 13.3. The van der Waals surface area contributed by atoms with E-state index in [0.29, 0.717) is 12.1 Å². The molecule has 0 fully saturated rings. The molecule has 1 aliphatic rings. The summed E-state index contributed by atoms with van der Waals surface area (Å²) in [6, 6.07) is 26.0. The van der Waals surface area contributed by atoms with E-state index in [0.717, 1.165) is 22.5 Å². The number of imidazole rings is 1. The molecule has 0 spiro atoms. The highest BCUT2D eigenvalue weighted by Crippen LogP contribution is 2.34. The molecule has 1 atom stereocenters. The van der Waals surface area contributed by atoms with Crippen LogP contribution in [0.1, 0.15) is 27.7 Å². The molecule has 1 amide bonds. The molecule has 0 saturated heterocycles. The summed E-state index contributed by atoms with van der Waals surface area (Å²) in [4.78, 5) is 19.3. The molecular weight excluding hydrogens is 360 g/mol. The van der Waals surface area contributed by atoms with Crippen molar-refractivity contribution in [3.8, 4) is 5.69 Å². The van der Waals surface area contributed by atoms with Gasteiger partial charge in [-0.2, -0.15) is 0 Å². The van der Waals surface area contributed by atoms with Crippen LogP contribution in [0.5, 0.6) is 0 Å². The number of anilines is 1. The summed E-state index contributed by atoms with van der Waals surface area (Å²) in [5, 5.41) is 3.55. The van der Waals surface area contributed by atoms with Crippen molar-refractivity contribution in [1.29, 1.82) is 0 Å². The van der Waals surface area contributed by atoms with E-state index >= 15 is 0 Å². The second-order valence-electron chi connectivity index (χ2n) is 7.07. The van der Waals surface area contributed by atoms with Crippen molar-refractivity contribution in [2.24, 2.45) is 0 Å². The molecule has 0 bridgehead atoms. The predicted molar refractivity (Wildman–Crippen MR) is 113 cm³/mol. The smallest absolute Gasteiger partial charge is 0.258 e. The lowest BCUT2D eigenvalue weighted by atomic mass is 10.0. The monoisotopic (exact) mass is 380 g/mol. The summed E-state index contributed by atoms with van der Waals surface area (Å²) < 4.78 is 1.96. The molecule has 5 rings (SSSR count). The minimum absolute atomic E-state index is 0.0342. The van der Waals surface area contributed by atoms with E-state index in [1.165, 1.54) is 0 Å². The third-order valence-corrected chi connectivity index (χ3v) is 5.23. The number of nitrogens with zero attached hydrogens (tertiary/aromatic N) is 3. The molecular formula is C24H20N4O. The summed E-state index contributed by atoms with van der Waals surface area (Å²) in [6.45, 7) is 0.537. The number of aromatic nitrogens is 2. The van der Waals surface area contributed by atoms with Crippen LogP contribution >= 0.6 is 0 Å². The van der Waals surface area contributed by atoms with Crippen LogP contribution in [0.25, 0.3) is 5.69 Å². The van der Waals surface area contributed by atoms with E-state index in [2.05, 4.69) is 22.4 Å². The molecule has 1 aliphatic heterocycles. The van der Waals surface area contributed by atoms with Gasteiger partial charge >= 0.3 is 0 Å². The van der Waals surface area contributed by atoms with Crippen LogP contribution in [0.15, 0.2) is 97.6 Å². The van der Waals surface area contributed by atoms with Gasteiger partial charge in [-0.3, -0.25) is 4.79 Å². The van der Waals surface area contributed by atoms with Gasteiger partial charge in [-0.15, -0.1) is 0 Å². The molecule has 1 aromatic heterocycles. The van der Waals surface area contributed by atoms with Gasteiger partial charge in [-0.05, 0) is 35.4 Å². The zero-order chi connectivity index (χ0) is 19.6. The van der Waals surface area contributed by atoms with E-state index in [9.17, 15) is 4.79 Å². The van der Waals surface area contributed by atoms with Gasteiger partial charge in [0.25, 0.3) is 5.91 Å². The first-order chi connectivity index (χ1) is 14.3. The van der Waals surface area contributed by atoms with Crippen LogP contribution < -0.4 is 5.32 Å². The number of hydrogen-bond acceptors (Lipinski definition) is 3. The molecule has 1 unspecified atom stereocenters. The normalized spacial score (nSPS) is 15.7. The lowest BCUT2D eigenvalue weighted by Crippen LogP contribution is -2.42. The summed E-state index contributed by atoms with van der Waals surface area (Å²) in [6.07, 6.45) is 5.20. The second-order valence-corrected chi connectivity index (χ2v) is 7.07. The Morgan fingerprint density at radius 3 is 2.41 bits per heavy atom. The molecule has 5 heteroatoms. The highest BCUT2D eigenvalue weighted by Gasteiger charge is 2.32. The minimum Gasteiger partial charge on any atom is -0.361 e. The Kier molecular flexibility index (Phi) is 4.33. The third-order valence-electron chi connectivity index (χ3n) is 5.23. The third kappa shape index (κ3) is 3.27. The number of rotatable bonds is 4. The largest absolute Gasteiger partial charge is 0.361 e. The van der Waals surface area contributed by atoms with Crippen molar-refractivity contribution in [2.45, 2.75) is 12.7 Å². The number of benzene rings is 3. The molecule has 0 saturated carbocycles. The molecule has 3 aromatic carbocycles. The summed E-state index contributed by atoms with van der Waals surface area (Å²) in [7, 11) is 0. The standard InChI is InChI=1S/C24H20N4O/c29-24-21-8-4-5-9-22(21)26-23(28(24)16-18-6-2-1-3-7-18)19-10-12-20(13-11-19)27-15-14-25-17-27/h1-15,17,23,26H,16H2. The van der Waals surface area contributed by atoms with Gasteiger partial charge < -0.3 is 14.8 Å². The van der Waals surface area contributed by atoms with Crippen LogP contribution in [0.2, 0.25) is 0 Å². The van der Waals surface area contributed by atoms with Gasteiger partial charge in [-0.25, -0.2) is 4.98 Å². The lowest BCUT2D eigenvalue weighted by molar-refractivity contribution is 0.0666. The Labute approximate surface area is 169 Å². The van der Waals surface area contributed by atoms with Crippen molar-refractivity contribution in [3.05, 3.63) is 114 Å². The summed E-state index contributed by atoms with van der Waals surface area (Å²) in [5.41, 5.74) is 4.73. The highest BCUT2D eigenvalue weighted by atomic mass is 16.2. The number of nitrogens with one attached hydrogen (secondary N) is 1. The van der Waals surface area contributed by atoms with Crippen molar-refractivity contribution < 1.29 is 4.79 Å². The van der Waals surface area contributed by atoms with Gasteiger partial charge in [0.15, 0.2) is 0 Å². The molecule has 5 nitrogen and oxygen atoms in total. The van der Waals surface area contributed by atoms with Crippen LogP contribution in [0, 0.1) is 0 Å². The molecule has 29 heavy (non-hydrogen) atoms. The lowest BCUT2D eigenvalue weighted by Gasteiger charge is -2.38. The number of carbonyl (C=O) groups is 1. The van der Waals surface area contributed by atoms with Gasteiger partial charge in [0.05, 0.1) is 11.9 Å². The van der Waals surface area contributed by atoms with E-state index < -0.39 is 0 Å². The van der Waals surface area contributed by atoms with E-state index in [1.807, 2.05) is 82.4 Å². The average Bonchev–Trinajstić information content (AvgIpc) is 3.31. The molecule has 1 N–H and O–H groups in total.